The van der Waals surface area contributed by atoms with Crippen molar-refractivity contribution in [2.24, 2.45) is 0 Å². The van der Waals surface area contributed by atoms with E-state index in [2.05, 4.69) is 12.2 Å². The summed E-state index contributed by atoms with van der Waals surface area (Å²) in [5, 5.41) is 2.99. The van der Waals surface area contributed by atoms with Gasteiger partial charge < -0.3 is 10.1 Å². The van der Waals surface area contributed by atoms with Crippen LogP contribution in [0.15, 0.2) is 24.3 Å². The Morgan fingerprint density at radius 3 is 3.00 bits per heavy atom. The van der Waals surface area contributed by atoms with Crippen LogP contribution in [-0.2, 0) is 11.2 Å². The highest BCUT2D eigenvalue weighted by atomic mass is 16.5. The predicted molar refractivity (Wildman–Crippen MR) is 67.1 cm³/mol. The number of ether oxygens (including phenoxy) is 1. The zero-order valence-corrected chi connectivity index (χ0v) is 10.4. The Morgan fingerprint density at radius 1 is 1.53 bits per heavy atom. The third-order valence-electron chi connectivity index (χ3n) is 3.05. The number of hydrogen-bond donors (Lipinski definition) is 1. The van der Waals surface area contributed by atoms with Crippen LogP contribution in [0.2, 0.25) is 0 Å². The van der Waals surface area contributed by atoms with Crippen molar-refractivity contribution in [2.75, 3.05) is 0 Å². The predicted octanol–water partition coefficient (Wildman–Crippen LogP) is 2.29. The molecule has 0 aromatic heterocycles. The van der Waals surface area contributed by atoms with Gasteiger partial charge >= 0.3 is 0 Å². The van der Waals surface area contributed by atoms with Crippen LogP contribution in [0.3, 0.4) is 0 Å². The highest BCUT2D eigenvalue weighted by Crippen LogP contribution is 2.28. The van der Waals surface area contributed by atoms with E-state index in [4.69, 9.17) is 4.74 Å². The molecule has 2 atom stereocenters. The van der Waals surface area contributed by atoms with Gasteiger partial charge in [0.1, 0.15) is 5.75 Å². The Balaban J connectivity index is 1.92. The summed E-state index contributed by atoms with van der Waals surface area (Å²) in [4.78, 5) is 12.0. The lowest BCUT2D eigenvalue weighted by Gasteiger charge is -2.16. The SMILES string of the molecule is CCCC(C)NC(=O)C1Cc2ccccc2O1. The van der Waals surface area contributed by atoms with E-state index in [9.17, 15) is 4.79 Å². The van der Waals surface area contributed by atoms with Gasteiger partial charge in [-0.25, -0.2) is 0 Å². The van der Waals surface area contributed by atoms with Crippen LogP contribution in [0.4, 0.5) is 0 Å². The second kappa shape index (κ2) is 5.21. The van der Waals surface area contributed by atoms with Crippen LogP contribution in [-0.4, -0.2) is 18.1 Å². The third-order valence-corrected chi connectivity index (χ3v) is 3.05. The van der Waals surface area contributed by atoms with Crippen molar-refractivity contribution in [2.45, 2.75) is 45.3 Å². The molecule has 0 bridgehead atoms. The lowest BCUT2D eigenvalue weighted by atomic mass is 10.1. The van der Waals surface area contributed by atoms with Crippen LogP contribution in [0, 0.1) is 0 Å². The van der Waals surface area contributed by atoms with Crippen molar-refractivity contribution in [3.05, 3.63) is 29.8 Å². The molecule has 1 amide bonds. The number of benzene rings is 1. The number of carbonyl (C=O) groups excluding carboxylic acids is 1. The second-order valence-electron chi connectivity index (χ2n) is 4.62. The first-order valence-electron chi connectivity index (χ1n) is 6.25. The summed E-state index contributed by atoms with van der Waals surface area (Å²) in [6.45, 7) is 4.15. The zero-order chi connectivity index (χ0) is 12.3. The average molecular weight is 233 g/mol. The lowest BCUT2D eigenvalue weighted by molar-refractivity contribution is -0.127. The van der Waals surface area contributed by atoms with E-state index in [0.717, 1.165) is 24.2 Å². The standard InChI is InChI=1S/C14H19NO2/c1-3-6-10(2)15-14(16)13-9-11-7-4-5-8-12(11)17-13/h4-5,7-8,10,13H,3,6,9H2,1-2H3,(H,15,16). The summed E-state index contributed by atoms with van der Waals surface area (Å²) in [7, 11) is 0. The molecule has 92 valence electrons. The van der Waals surface area contributed by atoms with Crippen molar-refractivity contribution in [1.82, 2.24) is 5.32 Å². The van der Waals surface area contributed by atoms with E-state index in [1.54, 1.807) is 0 Å². The van der Waals surface area contributed by atoms with E-state index in [1.807, 2.05) is 31.2 Å². The lowest BCUT2D eigenvalue weighted by Crippen LogP contribution is -2.42. The summed E-state index contributed by atoms with van der Waals surface area (Å²) in [6, 6.07) is 8.05. The van der Waals surface area contributed by atoms with Crippen molar-refractivity contribution in [1.29, 1.82) is 0 Å². The van der Waals surface area contributed by atoms with E-state index >= 15 is 0 Å². The van der Waals surface area contributed by atoms with Crippen molar-refractivity contribution < 1.29 is 9.53 Å². The summed E-state index contributed by atoms with van der Waals surface area (Å²) in [5.74, 6) is 0.845. The molecular formula is C14H19NO2. The number of para-hydroxylation sites is 1. The van der Waals surface area contributed by atoms with Crippen LogP contribution in [0.5, 0.6) is 5.75 Å². The van der Waals surface area contributed by atoms with E-state index in [1.165, 1.54) is 0 Å². The number of fused-ring (bicyclic) bond motifs is 1. The quantitative estimate of drug-likeness (QED) is 0.866. The third kappa shape index (κ3) is 2.78. The molecule has 1 aromatic carbocycles. The number of carbonyl (C=O) groups is 1. The van der Waals surface area contributed by atoms with Gasteiger partial charge in [0.2, 0.25) is 0 Å². The first-order valence-corrected chi connectivity index (χ1v) is 6.25. The summed E-state index contributed by atoms with van der Waals surface area (Å²) in [6.07, 6.45) is 2.41. The maximum Gasteiger partial charge on any atom is 0.261 e. The average Bonchev–Trinajstić information content (AvgIpc) is 2.72. The highest BCUT2D eigenvalue weighted by molar-refractivity contribution is 5.82. The first-order chi connectivity index (χ1) is 8.20. The van der Waals surface area contributed by atoms with Crippen molar-refractivity contribution in [3.8, 4) is 5.75 Å². The van der Waals surface area contributed by atoms with Gasteiger partial charge in [0.15, 0.2) is 6.10 Å². The van der Waals surface area contributed by atoms with Gasteiger partial charge in [-0.3, -0.25) is 4.79 Å². The van der Waals surface area contributed by atoms with Crippen LogP contribution < -0.4 is 10.1 Å². The minimum absolute atomic E-state index is 0.00199. The number of hydrogen-bond acceptors (Lipinski definition) is 2. The molecule has 0 saturated carbocycles. The van der Waals surface area contributed by atoms with Gasteiger partial charge in [-0.15, -0.1) is 0 Å². The fourth-order valence-electron chi connectivity index (χ4n) is 2.17. The molecule has 0 saturated heterocycles. The van der Waals surface area contributed by atoms with Gasteiger partial charge in [-0.2, -0.15) is 0 Å². The van der Waals surface area contributed by atoms with Crippen LogP contribution in [0.1, 0.15) is 32.3 Å². The molecule has 0 radical (unpaired) electrons. The molecular weight excluding hydrogens is 214 g/mol. The Bertz CT molecular complexity index is 378. The molecule has 17 heavy (non-hydrogen) atoms. The maximum absolute atomic E-state index is 12.0. The van der Waals surface area contributed by atoms with Crippen LogP contribution in [0.25, 0.3) is 0 Å². The molecule has 1 heterocycles. The van der Waals surface area contributed by atoms with E-state index in [0.29, 0.717) is 6.42 Å². The Labute approximate surface area is 102 Å². The molecule has 1 aliphatic rings. The molecule has 2 unspecified atom stereocenters. The minimum atomic E-state index is -0.355. The molecule has 1 aromatic rings. The maximum atomic E-state index is 12.0. The van der Waals surface area contributed by atoms with Gasteiger partial charge in [0.25, 0.3) is 5.91 Å². The molecule has 2 rings (SSSR count). The van der Waals surface area contributed by atoms with E-state index in [-0.39, 0.29) is 18.1 Å². The molecule has 3 nitrogen and oxygen atoms in total. The zero-order valence-electron chi connectivity index (χ0n) is 10.4. The van der Waals surface area contributed by atoms with Gasteiger partial charge in [0.05, 0.1) is 0 Å². The molecule has 1 aliphatic heterocycles. The Kier molecular flexibility index (Phi) is 3.67. The monoisotopic (exact) mass is 233 g/mol. The normalized spacial score (nSPS) is 19.3. The number of amides is 1. The largest absolute Gasteiger partial charge is 0.480 e. The molecule has 0 spiro atoms. The minimum Gasteiger partial charge on any atom is -0.480 e. The fourth-order valence-corrected chi connectivity index (χ4v) is 2.17. The van der Waals surface area contributed by atoms with Gasteiger partial charge in [-0.1, -0.05) is 31.5 Å². The molecule has 0 aliphatic carbocycles. The van der Waals surface area contributed by atoms with Gasteiger partial charge in [-0.05, 0) is 25.0 Å². The summed E-state index contributed by atoms with van der Waals surface area (Å²) >= 11 is 0. The number of nitrogens with one attached hydrogen (secondary N) is 1. The number of rotatable bonds is 4. The molecule has 1 N–H and O–H groups in total. The van der Waals surface area contributed by atoms with Crippen molar-refractivity contribution >= 4 is 5.91 Å². The van der Waals surface area contributed by atoms with Gasteiger partial charge in [0, 0.05) is 12.5 Å². The summed E-state index contributed by atoms with van der Waals surface area (Å²) < 4.78 is 5.64. The topological polar surface area (TPSA) is 38.3 Å². The first kappa shape index (κ1) is 12.0. The fraction of sp³-hybridized carbons (Fsp3) is 0.500. The molecule has 3 heteroatoms. The highest BCUT2D eigenvalue weighted by Gasteiger charge is 2.29. The van der Waals surface area contributed by atoms with Crippen LogP contribution >= 0.6 is 0 Å². The van der Waals surface area contributed by atoms with E-state index < -0.39 is 0 Å². The summed E-state index contributed by atoms with van der Waals surface area (Å²) in [5.41, 5.74) is 1.12. The Hall–Kier alpha value is -1.51. The second-order valence-corrected chi connectivity index (χ2v) is 4.62. The molecule has 0 fully saturated rings. The van der Waals surface area contributed by atoms with Crippen molar-refractivity contribution in [3.63, 3.8) is 0 Å². The smallest absolute Gasteiger partial charge is 0.261 e. The Morgan fingerprint density at radius 2 is 2.29 bits per heavy atom.